The van der Waals surface area contributed by atoms with Crippen molar-refractivity contribution in [2.45, 2.75) is 32.8 Å². The molecule has 0 aromatic heterocycles. The van der Waals surface area contributed by atoms with Gasteiger partial charge in [-0.15, -0.1) is 0 Å². The largest absolute Gasteiger partial charge is 0.377 e. The van der Waals surface area contributed by atoms with E-state index in [2.05, 4.69) is 18.0 Å². The molecule has 0 amide bonds. The van der Waals surface area contributed by atoms with Gasteiger partial charge in [-0.3, -0.25) is 0 Å². The van der Waals surface area contributed by atoms with Gasteiger partial charge in [-0.05, 0) is 33.9 Å². The van der Waals surface area contributed by atoms with Crippen molar-refractivity contribution >= 4 is 0 Å². The predicted octanol–water partition coefficient (Wildman–Crippen LogP) is 1.65. The van der Waals surface area contributed by atoms with Crippen LogP contribution >= 0.6 is 0 Å². The minimum atomic E-state index is 0.313. The zero-order valence-corrected chi connectivity index (χ0v) is 8.92. The highest BCUT2D eigenvalue weighted by molar-refractivity contribution is 4.69. The van der Waals surface area contributed by atoms with Gasteiger partial charge in [-0.2, -0.15) is 5.26 Å². The van der Waals surface area contributed by atoms with E-state index in [4.69, 9.17) is 10.00 Å². The van der Waals surface area contributed by atoms with Gasteiger partial charge < -0.3 is 9.64 Å². The number of ether oxygens (including phenoxy) is 1. The molecule has 3 nitrogen and oxygen atoms in total. The summed E-state index contributed by atoms with van der Waals surface area (Å²) in [6, 6.07) is 2.14. The van der Waals surface area contributed by atoms with Gasteiger partial charge in [-0.25, -0.2) is 0 Å². The summed E-state index contributed by atoms with van der Waals surface area (Å²) in [5.74, 6) is 0. The molecule has 3 heteroatoms. The lowest BCUT2D eigenvalue weighted by Crippen LogP contribution is -2.25. The molecule has 13 heavy (non-hydrogen) atoms. The van der Waals surface area contributed by atoms with Crippen molar-refractivity contribution < 1.29 is 4.74 Å². The molecule has 0 bridgehead atoms. The van der Waals surface area contributed by atoms with Crippen LogP contribution < -0.4 is 0 Å². The monoisotopic (exact) mass is 184 g/mol. The summed E-state index contributed by atoms with van der Waals surface area (Å²) in [4.78, 5) is 2.19. The molecule has 0 spiro atoms. The average molecular weight is 184 g/mol. The second-order valence-electron chi connectivity index (χ2n) is 3.48. The molecule has 0 aliphatic carbocycles. The number of likely N-dealkylation sites (N-methyl/N-ethyl adjacent to an activating group) is 1. The SMILES string of the molecule is CC(C)OCCN(C)CCCC#N. The van der Waals surface area contributed by atoms with Crippen LogP contribution in [0.15, 0.2) is 0 Å². The first-order chi connectivity index (χ1) is 6.16. The lowest BCUT2D eigenvalue weighted by atomic mass is 10.3. The Morgan fingerprint density at radius 1 is 1.38 bits per heavy atom. The van der Waals surface area contributed by atoms with Gasteiger partial charge in [0.05, 0.1) is 18.8 Å². The Kier molecular flexibility index (Phi) is 7.66. The highest BCUT2D eigenvalue weighted by atomic mass is 16.5. The van der Waals surface area contributed by atoms with Crippen LogP contribution in [0.2, 0.25) is 0 Å². The maximum atomic E-state index is 8.33. The van der Waals surface area contributed by atoms with Crippen molar-refractivity contribution in [3.8, 4) is 6.07 Å². The first-order valence-electron chi connectivity index (χ1n) is 4.84. The molecule has 0 unspecified atom stereocenters. The van der Waals surface area contributed by atoms with Crippen molar-refractivity contribution in [3.63, 3.8) is 0 Å². The number of nitriles is 1. The van der Waals surface area contributed by atoms with Gasteiger partial charge in [0, 0.05) is 13.0 Å². The third kappa shape index (κ3) is 9.32. The van der Waals surface area contributed by atoms with Crippen LogP contribution in [0.25, 0.3) is 0 Å². The molecule has 0 N–H and O–H groups in total. The van der Waals surface area contributed by atoms with Crippen LogP contribution in [0.4, 0.5) is 0 Å². The third-order valence-corrected chi connectivity index (χ3v) is 1.75. The topological polar surface area (TPSA) is 36.3 Å². The first kappa shape index (κ1) is 12.4. The normalized spacial score (nSPS) is 10.8. The molecule has 0 aromatic carbocycles. The van der Waals surface area contributed by atoms with Gasteiger partial charge in [0.1, 0.15) is 0 Å². The Hall–Kier alpha value is -0.590. The number of rotatable bonds is 7. The highest BCUT2D eigenvalue weighted by Gasteiger charge is 1.98. The summed E-state index contributed by atoms with van der Waals surface area (Å²) >= 11 is 0. The van der Waals surface area contributed by atoms with E-state index in [9.17, 15) is 0 Å². The average Bonchev–Trinajstić information content (AvgIpc) is 2.04. The molecule has 0 radical (unpaired) electrons. The molecular weight excluding hydrogens is 164 g/mol. The number of nitrogens with zero attached hydrogens (tertiary/aromatic N) is 2. The molecular formula is C10H20N2O. The Morgan fingerprint density at radius 3 is 2.62 bits per heavy atom. The van der Waals surface area contributed by atoms with Crippen molar-refractivity contribution in [2.75, 3.05) is 26.7 Å². The van der Waals surface area contributed by atoms with Crippen LogP contribution in [0, 0.1) is 11.3 Å². The molecule has 0 aromatic rings. The summed E-state index contributed by atoms with van der Waals surface area (Å²) in [6.07, 6.45) is 1.91. The van der Waals surface area contributed by atoms with Gasteiger partial charge in [0.25, 0.3) is 0 Å². The summed E-state index contributed by atoms with van der Waals surface area (Å²) < 4.78 is 5.41. The van der Waals surface area contributed by atoms with Crippen molar-refractivity contribution in [2.24, 2.45) is 0 Å². The summed E-state index contributed by atoms with van der Waals surface area (Å²) in [5, 5.41) is 8.33. The molecule has 0 saturated heterocycles. The summed E-state index contributed by atoms with van der Waals surface area (Å²) in [7, 11) is 2.06. The Labute approximate surface area is 81.3 Å². The Bertz CT molecular complexity index is 151. The van der Waals surface area contributed by atoms with E-state index in [1.54, 1.807) is 0 Å². The smallest absolute Gasteiger partial charge is 0.0622 e. The number of hydrogen-bond acceptors (Lipinski definition) is 3. The lowest BCUT2D eigenvalue weighted by Gasteiger charge is -2.16. The molecule has 0 atom stereocenters. The van der Waals surface area contributed by atoms with Crippen LogP contribution in [-0.4, -0.2) is 37.7 Å². The minimum absolute atomic E-state index is 0.313. The quantitative estimate of drug-likeness (QED) is 0.564. The molecule has 0 saturated carbocycles. The lowest BCUT2D eigenvalue weighted by molar-refractivity contribution is 0.0638. The van der Waals surface area contributed by atoms with Crippen molar-refractivity contribution in [1.82, 2.24) is 4.90 Å². The maximum Gasteiger partial charge on any atom is 0.0622 e. The molecule has 0 heterocycles. The number of unbranched alkanes of at least 4 members (excludes halogenated alkanes) is 1. The Balaban J connectivity index is 3.21. The van der Waals surface area contributed by atoms with E-state index < -0.39 is 0 Å². The van der Waals surface area contributed by atoms with E-state index in [1.165, 1.54) is 0 Å². The van der Waals surface area contributed by atoms with Gasteiger partial charge >= 0.3 is 0 Å². The minimum Gasteiger partial charge on any atom is -0.377 e. The van der Waals surface area contributed by atoms with Crippen molar-refractivity contribution in [3.05, 3.63) is 0 Å². The predicted molar refractivity (Wildman–Crippen MR) is 53.4 cm³/mol. The highest BCUT2D eigenvalue weighted by Crippen LogP contribution is 1.93. The van der Waals surface area contributed by atoms with E-state index in [1.807, 2.05) is 13.8 Å². The first-order valence-corrected chi connectivity index (χ1v) is 4.84. The van der Waals surface area contributed by atoms with Gasteiger partial charge in [-0.1, -0.05) is 0 Å². The Morgan fingerprint density at radius 2 is 2.08 bits per heavy atom. The fraction of sp³-hybridized carbons (Fsp3) is 0.900. The fourth-order valence-corrected chi connectivity index (χ4v) is 0.984. The number of hydrogen-bond donors (Lipinski definition) is 0. The van der Waals surface area contributed by atoms with Crippen LogP contribution in [0.3, 0.4) is 0 Å². The standard InChI is InChI=1S/C10H20N2O/c1-10(2)13-9-8-12(3)7-5-4-6-11/h10H,4-5,7-9H2,1-3H3. The molecule has 0 aliphatic rings. The molecule has 0 rings (SSSR count). The molecule has 76 valence electrons. The zero-order chi connectivity index (χ0) is 10.1. The van der Waals surface area contributed by atoms with E-state index in [-0.39, 0.29) is 0 Å². The van der Waals surface area contributed by atoms with E-state index in [0.29, 0.717) is 12.5 Å². The second kappa shape index (κ2) is 8.03. The summed E-state index contributed by atoms with van der Waals surface area (Å²) in [5.41, 5.74) is 0. The third-order valence-electron chi connectivity index (χ3n) is 1.75. The van der Waals surface area contributed by atoms with Gasteiger partial charge in [0.15, 0.2) is 0 Å². The van der Waals surface area contributed by atoms with Crippen LogP contribution in [-0.2, 0) is 4.74 Å². The van der Waals surface area contributed by atoms with Crippen LogP contribution in [0.5, 0.6) is 0 Å². The van der Waals surface area contributed by atoms with E-state index >= 15 is 0 Å². The second-order valence-corrected chi connectivity index (χ2v) is 3.48. The molecule has 0 fully saturated rings. The fourth-order valence-electron chi connectivity index (χ4n) is 0.984. The van der Waals surface area contributed by atoms with Crippen LogP contribution in [0.1, 0.15) is 26.7 Å². The molecule has 0 aliphatic heterocycles. The zero-order valence-electron chi connectivity index (χ0n) is 8.92. The van der Waals surface area contributed by atoms with Crippen molar-refractivity contribution in [1.29, 1.82) is 5.26 Å². The summed E-state index contributed by atoms with van der Waals surface area (Å²) in [6.45, 7) is 6.78. The van der Waals surface area contributed by atoms with Gasteiger partial charge in [0.2, 0.25) is 0 Å². The maximum absolute atomic E-state index is 8.33. The van der Waals surface area contributed by atoms with E-state index in [0.717, 1.165) is 26.1 Å².